The fourth-order valence-corrected chi connectivity index (χ4v) is 1.55. The third kappa shape index (κ3) is 2.47. The van der Waals surface area contributed by atoms with E-state index in [1.54, 1.807) is 0 Å². The Morgan fingerprint density at radius 2 is 1.88 bits per heavy atom. The standard InChI is InChI=1S/C10H9F4N.ClH/c11-8-2-1-6(9-3-4-15-9)5-7(8)10(12,13)14;/h1-2,5,9,15H,3-4H2;1H/t9-;/m0./s1. The van der Waals surface area contributed by atoms with Gasteiger partial charge in [-0.05, 0) is 30.7 Å². The van der Waals surface area contributed by atoms with Crippen LogP contribution in [-0.4, -0.2) is 6.54 Å². The molecule has 0 radical (unpaired) electrons. The summed E-state index contributed by atoms with van der Waals surface area (Å²) in [6.07, 6.45) is -3.83. The molecule has 1 aromatic rings. The van der Waals surface area contributed by atoms with E-state index in [1.807, 2.05) is 0 Å². The summed E-state index contributed by atoms with van der Waals surface area (Å²) >= 11 is 0. The van der Waals surface area contributed by atoms with Crippen molar-refractivity contribution in [2.24, 2.45) is 0 Å². The highest BCUT2D eigenvalue weighted by atomic mass is 35.5. The van der Waals surface area contributed by atoms with Crippen molar-refractivity contribution >= 4 is 12.4 Å². The number of benzene rings is 1. The second kappa shape index (κ2) is 4.59. The van der Waals surface area contributed by atoms with E-state index in [4.69, 9.17) is 0 Å². The zero-order valence-electron chi connectivity index (χ0n) is 8.14. The van der Waals surface area contributed by atoms with E-state index in [0.717, 1.165) is 25.1 Å². The topological polar surface area (TPSA) is 12.0 Å². The smallest absolute Gasteiger partial charge is 0.310 e. The molecule has 2 rings (SSSR count). The van der Waals surface area contributed by atoms with Crippen LogP contribution in [0.4, 0.5) is 17.6 Å². The molecule has 90 valence electrons. The Balaban J connectivity index is 0.00000128. The minimum atomic E-state index is -4.62. The molecule has 1 saturated heterocycles. The van der Waals surface area contributed by atoms with Crippen LogP contribution in [0.2, 0.25) is 0 Å². The van der Waals surface area contributed by atoms with Crippen molar-refractivity contribution in [3.63, 3.8) is 0 Å². The molecule has 1 N–H and O–H groups in total. The van der Waals surface area contributed by atoms with Gasteiger partial charge in [0.1, 0.15) is 5.82 Å². The highest BCUT2D eigenvalue weighted by Crippen LogP contribution is 2.34. The summed E-state index contributed by atoms with van der Waals surface area (Å²) in [5, 5.41) is 2.97. The lowest BCUT2D eigenvalue weighted by Gasteiger charge is -2.28. The van der Waals surface area contributed by atoms with Gasteiger partial charge >= 0.3 is 6.18 Å². The summed E-state index contributed by atoms with van der Waals surface area (Å²) in [7, 11) is 0. The van der Waals surface area contributed by atoms with Crippen LogP contribution in [0.3, 0.4) is 0 Å². The number of hydrogen-bond donors (Lipinski definition) is 1. The molecule has 0 aromatic heterocycles. The molecular formula is C10H10ClF4N. The van der Waals surface area contributed by atoms with Crippen LogP contribution in [0.5, 0.6) is 0 Å². The predicted molar refractivity (Wildman–Crippen MR) is 54.0 cm³/mol. The SMILES string of the molecule is Cl.Fc1ccc([C@@H]2CCN2)cc1C(F)(F)F. The van der Waals surface area contributed by atoms with E-state index in [-0.39, 0.29) is 18.4 Å². The van der Waals surface area contributed by atoms with Crippen molar-refractivity contribution < 1.29 is 17.6 Å². The first-order valence-electron chi connectivity index (χ1n) is 4.58. The average molecular weight is 256 g/mol. The Morgan fingerprint density at radius 1 is 1.25 bits per heavy atom. The summed E-state index contributed by atoms with van der Waals surface area (Å²) < 4.78 is 50.0. The van der Waals surface area contributed by atoms with Gasteiger partial charge in [0, 0.05) is 6.04 Å². The molecule has 0 saturated carbocycles. The number of hydrogen-bond acceptors (Lipinski definition) is 1. The zero-order valence-corrected chi connectivity index (χ0v) is 8.96. The number of nitrogens with one attached hydrogen (secondary N) is 1. The maximum absolute atomic E-state index is 12.9. The molecule has 1 aliphatic rings. The first-order valence-corrected chi connectivity index (χ1v) is 4.58. The van der Waals surface area contributed by atoms with Gasteiger partial charge in [-0.15, -0.1) is 12.4 Å². The van der Waals surface area contributed by atoms with Gasteiger partial charge in [0.2, 0.25) is 0 Å². The van der Waals surface area contributed by atoms with Gasteiger partial charge in [-0.3, -0.25) is 0 Å². The highest BCUT2D eigenvalue weighted by molar-refractivity contribution is 5.85. The Labute approximate surface area is 96.3 Å². The van der Waals surface area contributed by atoms with Crippen molar-refractivity contribution in [2.75, 3.05) is 6.54 Å². The fourth-order valence-electron chi connectivity index (χ4n) is 1.55. The molecular weight excluding hydrogens is 246 g/mol. The van der Waals surface area contributed by atoms with Crippen molar-refractivity contribution in [3.8, 4) is 0 Å². The van der Waals surface area contributed by atoms with Gasteiger partial charge in [-0.1, -0.05) is 6.07 Å². The average Bonchev–Trinajstić information content (AvgIpc) is 2.03. The summed E-state index contributed by atoms with van der Waals surface area (Å²) in [5.41, 5.74) is -0.691. The van der Waals surface area contributed by atoms with E-state index in [9.17, 15) is 17.6 Å². The minimum absolute atomic E-state index is 0. The largest absolute Gasteiger partial charge is 0.419 e. The quantitative estimate of drug-likeness (QED) is 0.760. The lowest BCUT2D eigenvalue weighted by molar-refractivity contribution is -0.140. The van der Waals surface area contributed by atoms with Crippen LogP contribution in [0.15, 0.2) is 18.2 Å². The van der Waals surface area contributed by atoms with Crippen LogP contribution in [0, 0.1) is 5.82 Å². The minimum Gasteiger partial charge on any atom is -0.310 e. The monoisotopic (exact) mass is 255 g/mol. The van der Waals surface area contributed by atoms with Gasteiger partial charge < -0.3 is 5.32 Å². The van der Waals surface area contributed by atoms with Gasteiger partial charge in [-0.25, -0.2) is 4.39 Å². The van der Waals surface area contributed by atoms with E-state index in [1.165, 1.54) is 6.07 Å². The maximum Gasteiger partial charge on any atom is 0.419 e. The molecule has 0 aliphatic carbocycles. The lowest BCUT2D eigenvalue weighted by atomic mass is 9.96. The second-order valence-electron chi connectivity index (χ2n) is 3.53. The Morgan fingerprint density at radius 3 is 2.31 bits per heavy atom. The third-order valence-electron chi connectivity index (χ3n) is 2.52. The maximum atomic E-state index is 12.9. The summed E-state index contributed by atoms with van der Waals surface area (Å²) in [6, 6.07) is 3.08. The molecule has 0 unspecified atom stereocenters. The molecule has 1 heterocycles. The molecule has 1 aliphatic heterocycles. The van der Waals surface area contributed by atoms with Crippen LogP contribution in [-0.2, 0) is 6.18 Å². The lowest BCUT2D eigenvalue weighted by Crippen LogP contribution is -2.35. The van der Waals surface area contributed by atoms with Crippen LogP contribution in [0.1, 0.15) is 23.6 Å². The van der Waals surface area contributed by atoms with Crippen molar-refractivity contribution in [3.05, 3.63) is 35.1 Å². The fraction of sp³-hybridized carbons (Fsp3) is 0.400. The molecule has 6 heteroatoms. The van der Waals surface area contributed by atoms with Gasteiger partial charge in [0.25, 0.3) is 0 Å². The van der Waals surface area contributed by atoms with Crippen LogP contribution >= 0.6 is 12.4 Å². The normalized spacial score (nSPS) is 19.9. The Bertz CT molecular complexity index is 374. The number of halogens is 5. The third-order valence-corrected chi connectivity index (χ3v) is 2.52. The first-order chi connectivity index (χ1) is 6.98. The van der Waals surface area contributed by atoms with Gasteiger partial charge in [-0.2, -0.15) is 13.2 Å². The van der Waals surface area contributed by atoms with E-state index < -0.39 is 17.6 Å². The second-order valence-corrected chi connectivity index (χ2v) is 3.53. The number of rotatable bonds is 1. The summed E-state index contributed by atoms with van der Waals surface area (Å²) in [4.78, 5) is 0. The highest BCUT2D eigenvalue weighted by Gasteiger charge is 2.35. The van der Waals surface area contributed by atoms with Crippen molar-refractivity contribution in [1.82, 2.24) is 5.32 Å². The molecule has 1 aromatic carbocycles. The molecule has 1 fully saturated rings. The first kappa shape index (κ1) is 13.3. The van der Waals surface area contributed by atoms with Crippen molar-refractivity contribution in [2.45, 2.75) is 18.6 Å². The van der Waals surface area contributed by atoms with Crippen LogP contribution < -0.4 is 5.32 Å². The Kier molecular flexibility index (Phi) is 3.80. The molecule has 16 heavy (non-hydrogen) atoms. The van der Waals surface area contributed by atoms with Crippen LogP contribution in [0.25, 0.3) is 0 Å². The van der Waals surface area contributed by atoms with Crippen molar-refractivity contribution in [1.29, 1.82) is 0 Å². The summed E-state index contributed by atoms with van der Waals surface area (Å²) in [6.45, 7) is 0.795. The molecule has 0 amide bonds. The van der Waals surface area contributed by atoms with Gasteiger partial charge in [0.15, 0.2) is 0 Å². The van der Waals surface area contributed by atoms with E-state index >= 15 is 0 Å². The summed E-state index contributed by atoms with van der Waals surface area (Å²) in [5.74, 6) is -1.22. The van der Waals surface area contributed by atoms with Gasteiger partial charge in [0.05, 0.1) is 5.56 Å². The zero-order chi connectivity index (χ0) is 11.1. The number of alkyl halides is 3. The molecule has 0 bridgehead atoms. The van der Waals surface area contributed by atoms with E-state index in [0.29, 0.717) is 5.56 Å². The molecule has 0 spiro atoms. The predicted octanol–water partition coefficient (Wildman–Crippen LogP) is 3.30. The molecule has 1 nitrogen and oxygen atoms in total. The molecule has 1 atom stereocenters. The Hall–Kier alpha value is -0.810. The van der Waals surface area contributed by atoms with E-state index in [2.05, 4.69) is 5.32 Å².